The van der Waals surface area contributed by atoms with Crippen LogP contribution in [0.2, 0.25) is 0 Å². The third-order valence-electron chi connectivity index (χ3n) is 1.43. The van der Waals surface area contributed by atoms with Crippen LogP contribution < -0.4 is 0 Å². The Morgan fingerprint density at radius 3 is 2.27 bits per heavy atom. The average Bonchev–Trinajstić information content (AvgIpc) is 1.88. The molecule has 4 heteroatoms. The maximum Gasteiger partial charge on any atom is 0.154 e. The fourth-order valence-electron chi connectivity index (χ4n) is 0.555. The lowest BCUT2D eigenvalue weighted by molar-refractivity contribution is 0.163. The molecular formula is C7H16O3S. The van der Waals surface area contributed by atoms with E-state index in [1.54, 1.807) is 13.8 Å². The molecule has 0 N–H and O–H groups in total. The minimum absolute atomic E-state index is 0.137. The predicted octanol–water partition coefficient (Wildman–Crippen LogP) is 0.846. The molecule has 0 heterocycles. The van der Waals surface area contributed by atoms with Gasteiger partial charge in [0.15, 0.2) is 9.84 Å². The lowest BCUT2D eigenvalue weighted by Crippen LogP contribution is -2.20. The molecule has 0 aromatic heterocycles. The van der Waals surface area contributed by atoms with Crippen molar-refractivity contribution in [1.29, 1.82) is 0 Å². The Balaban J connectivity index is 3.75. The van der Waals surface area contributed by atoms with Crippen molar-refractivity contribution >= 4 is 9.84 Å². The fraction of sp³-hybridized carbons (Fsp3) is 1.00. The maximum atomic E-state index is 11.1. The van der Waals surface area contributed by atoms with Gasteiger partial charge in [0.05, 0.1) is 17.6 Å². The number of hydrogen-bond acceptors (Lipinski definition) is 3. The maximum absolute atomic E-state index is 11.1. The van der Waals surface area contributed by atoms with E-state index in [-0.39, 0.29) is 11.0 Å². The molecule has 0 unspecified atom stereocenters. The predicted molar refractivity (Wildman–Crippen MR) is 45.4 cm³/mol. The Morgan fingerprint density at radius 2 is 1.91 bits per heavy atom. The van der Waals surface area contributed by atoms with Gasteiger partial charge in [-0.15, -0.1) is 0 Å². The minimum Gasteiger partial charge on any atom is -0.381 e. The van der Waals surface area contributed by atoms with Crippen LogP contribution in [0, 0.1) is 0 Å². The van der Waals surface area contributed by atoms with Gasteiger partial charge in [0.2, 0.25) is 0 Å². The van der Waals surface area contributed by atoms with Crippen molar-refractivity contribution < 1.29 is 13.2 Å². The summed E-state index contributed by atoms with van der Waals surface area (Å²) in [4.78, 5) is 0. The lowest BCUT2D eigenvalue weighted by Gasteiger charge is -2.06. The topological polar surface area (TPSA) is 43.4 Å². The zero-order valence-corrected chi connectivity index (χ0v) is 8.15. The number of ether oxygens (including phenoxy) is 1. The second-order valence-electron chi connectivity index (χ2n) is 2.61. The molecule has 0 aromatic rings. The molecule has 0 aliphatic heterocycles. The fourth-order valence-corrected chi connectivity index (χ4v) is 1.38. The highest BCUT2D eigenvalue weighted by atomic mass is 32.2. The summed E-state index contributed by atoms with van der Waals surface area (Å²) in [6.45, 7) is 6.11. The normalized spacial score (nSPS) is 12.4. The number of sulfone groups is 1. The van der Waals surface area contributed by atoms with E-state index in [0.29, 0.717) is 13.2 Å². The first kappa shape index (κ1) is 10.9. The van der Waals surface area contributed by atoms with Crippen LogP contribution in [0.4, 0.5) is 0 Å². The minimum atomic E-state index is -2.90. The van der Waals surface area contributed by atoms with E-state index in [1.165, 1.54) is 0 Å². The van der Waals surface area contributed by atoms with E-state index in [9.17, 15) is 8.42 Å². The summed E-state index contributed by atoms with van der Waals surface area (Å²) in [5, 5.41) is -0.289. The summed E-state index contributed by atoms with van der Waals surface area (Å²) in [6, 6.07) is 0. The van der Waals surface area contributed by atoms with Gasteiger partial charge in [-0.05, 0) is 20.8 Å². The molecule has 0 aromatic carbocycles. The Hall–Kier alpha value is -0.0900. The van der Waals surface area contributed by atoms with Crippen LogP contribution >= 0.6 is 0 Å². The Bertz CT molecular complexity index is 182. The van der Waals surface area contributed by atoms with Crippen LogP contribution in [0.3, 0.4) is 0 Å². The molecule has 0 saturated carbocycles. The summed E-state index contributed by atoms with van der Waals surface area (Å²) in [7, 11) is -2.90. The first-order valence-corrected chi connectivity index (χ1v) is 5.51. The second kappa shape index (κ2) is 4.72. The molecule has 11 heavy (non-hydrogen) atoms. The molecule has 0 radical (unpaired) electrons. The first-order valence-electron chi connectivity index (χ1n) is 3.80. The van der Waals surface area contributed by atoms with Gasteiger partial charge in [0, 0.05) is 6.61 Å². The Kier molecular flexibility index (Phi) is 4.68. The molecule has 0 atom stereocenters. The number of rotatable bonds is 5. The summed E-state index contributed by atoms with van der Waals surface area (Å²) < 4.78 is 27.2. The highest BCUT2D eigenvalue weighted by Crippen LogP contribution is 1.99. The van der Waals surface area contributed by atoms with Gasteiger partial charge in [-0.25, -0.2) is 8.42 Å². The van der Waals surface area contributed by atoms with Crippen LogP contribution in [0.5, 0.6) is 0 Å². The Morgan fingerprint density at radius 1 is 1.36 bits per heavy atom. The largest absolute Gasteiger partial charge is 0.381 e. The lowest BCUT2D eigenvalue weighted by atomic mass is 10.6. The van der Waals surface area contributed by atoms with Crippen molar-refractivity contribution in [2.45, 2.75) is 26.0 Å². The van der Waals surface area contributed by atoms with Crippen molar-refractivity contribution in [2.24, 2.45) is 0 Å². The van der Waals surface area contributed by atoms with Gasteiger partial charge in [-0.1, -0.05) is 0 Å². The van der Waals surface area contributed by atoms with Crippen molar-refractivity contribution in [1.82, 2.24) is 0 Å². The highest BCUT2D eigenvalue weighted by molar-refractivity contribution is 7.91. The SMILES string of the molecule is CCOCCS(=O)(=O)C(C)C. The summed E-state index contributed by atoms with van der Waals surface area (Å²) in [6.07, 6.45) is 0. The molecule has 68 valence electrons. The van der Waals surface area contributed by atoms with Gasteiger partial charge < -0.3 is 4.74 Å². The molecule has 0 rings (SSSR count). The highest BCUT2D eigenvalue weighted by Gasteiger charge is 2.14. The molecule has 0 fully saturated rings. The molecule has 0 amide bonds. The molecule has 0 spiro atoms. The smallest absolute Gasteiger partial charge is 0.154 e. The van der Waals surface area contributed by atoms with Crippen LogP contribution in [0.25, 0.3) is 0 Å². The first-order chi connectivity index (χ1) is 5.00. The van der Waals surface area contributed by atoms with Crippen LogP contribution in [0.15, 0.2) is 0 Å². The van der Waals surface area contributed by atoms with Gasteiger partial charge in [-0.3, -0.25) is 0 Å². The van der Waals surface area contributed by atoms with E-state index >= 15 is 0 Å². The molecule has 0 bridgehead atoms. The Labute approximate surface area is 68.7 Å². The summed E-state index contributed by atoms with van der Waals surface area (Å²) >= 11 is 0. The quantitative estimate of drug-likeness (QED) is 0.589. The summed E-state index contributed by atoms with van der Waals surface area (Å²) in [5.41, 5.74) is 0. The number of hydrogen-bond donors (Lipinski definition) is 0. The standard InChI is InChI=1S/C7H16O3S/c1-4-10-5-6-11(8,9)7(2)3/h7H,4-6H2,1-3H3. The van der Waals surface area contributed by atoms with Gasteiger partial charge in [0.25, 0.3) is 0 Å². The molecule has 0 aliphatic carbocycles. The van der Waals surface area contributed by atoms with Gasteiger partial charge in [-0.2, -0.15) is 0 Å². The van der Waals surface area contributed by atoms with Crippen LogP contribution in [-0.4, -0.2) is 32.6 Å². The summed E-state index contributed by atoms with van der Waals surface area (Å²) in [5.74, 6) is 0.137. The zero-order chi connectivity index (χ0) is 8.91. The monoisotopic (exact) mass is 180 g/mol. The average molecular weight is 180 g/mol. The van der Waals surface area contributed by atoms with Crippen LogP contribution in [-0.2, 0) is 14.6 Å². The van der Waals surface area contributed by atoms with E-state index < -0.39 is 9.84 Å². The van der Waals surface area contributed by atoms with Crippen molar-refractivity contribution in [3.63, 3.8) is 0 Å². The van der Waals surface area contributed by atoms with Gasteiger partial charge >= 0.3 is 0 Å². The second-order valence-corrected chi connectivity index (χ2v) is 5.29. The molecule has 3 nitrogen and oxygen atoms in total. The van der Waals surface area contributed by atoms with Crippen molar-refractivity contribution in [3.8, 4) is 0 Å². The van der Waals surface area contributed by atoms with E-state index in [2.05, 4.69) is 0 Å². The zero-order valence-electron chi connectivity index (χ0n) is 7.33. The van der Waals surface area contributed by atoms with Crippen molar-refractivity contribution in [3.05, 3.63) is 0 Å². The molecule has 0 saturated heterocycles. The molecular weight excluding hydrogens is 164 g/mol. The molecule has 0 aliphatic rings. The van der Waals surface area contributed by atoms with E-state index in [1.807, 2.05) is 6.92 Å². The van der Waals surface area contributed by atoms with Crippen LogP contribution in [0.1, 0.15) is 20.8 Å². The third kappa shape index (κ3) is 4.37. The van der Waals surface area contributed by atoms with E-state index in [4.69, 9.17) is 4.74 Å². The van der Waals surface area contributed by atoms with Gasteiger partial charge in [0.1, 0.15) is 0 Å². The van der Waals surface area contributed by atoms with E-state index in [0.717, 1.165) is 0 Å². The third-order valence-corrected chi connectivity index (χ3v) is 3.61. The van der Waals surface area contributed by atoms with Crippen molar-refractivity contribution in [2.75, 3.05) is 19.0 Å².